The molecule has 0 amide bonds. The van der Waals surface area contributed by atoms with Gasteiger partial charge in [-0.2, -0.15) is 0 Å². The van der Waals surface area contributed by atoms with Crippen LogP contribution in [0.3, 0.4) is 0 Å². The van der Waals surface area contributed by atoms with Gasteiger partial charge in [-0.25, -0.2) is 4.98 Å². The lowest BCUT2D eigenvalue weighted by atomic mass is 10.0. The number of aryl methyl sites for hydroxylation is 3. The number of hydrogen-bond acceptors (Lipinski definition) is 4. The maximum atomic E-state index is 12.6. The number of H-pyrrole nitrogens is 1. The van der Waals surface area contributed by atoms with Crippen molar-refractivity contribution in [1.29, 1.82) is 0 Å². The van der Waals surface area contributed by atoms with E-state index in [4.69, 9.17) is 0 Å². The molecular weight excluding hydrogens is 286 g/mol. The van der Waals surface area contributed by atoms with Gasteiger partial charge in [0.15, 0.2) is 0 Å². The number of ketones is 1. The first-order valence-corrected chi connectivity index (χ1v) is 7.52. The van der Waals surface area contributed by atoms with Crippen LogP contribution in [0.1, 0.15) is 33.4 Å². The number of carbonyl (C=O) groups is 1. The van der Waals surface area contributed by atoms with E-state index >= 15 is 0 Å². The van der Waals surface area contributed by atoms with Gasteiger partial charge in [0.25, 0.3) is 5.56 Å². The summed E-state index contributed by atoms with van der Waals surface area (Å²) in [7, 11) is 1.59. The second kappa shape index (κ2) is 4.96. The number of aromatic nitrogens is 3. The molecule has 0 saturated heterocycles. The number of fused-ring (bicyclic) bond motifs is 1. The van der Waals surface area contributed by atoms with Crippen molar-refractivity contribution in [2.75, 3.05) is 0 Å². The van der Waals surface area contributed by atoms with Gasteiger partial charge in [0.05, 0.1) is 15.2 Å². The number of benzene rings is 1. The molecule has 0 spiro atoms. The highest BCUT2D eigenvalue weighted by atomic mass is 32.1. The minimum absolute atomic E-state index is 0.158. The van der Waals surface area contributed by atoms with Crippen LogP contribution in [0.4, 0.5) is 0 Å². The lowest BCUT2D eigenvalue weighted by Crippen LogP contribution is -2.19. The van der Waals surface area contributed by atoms with Crippen LogP contribution in [0.15, 0.2) is 23.1 Å². The fourth-order valence-electron chi connectivity index (χ4n) is 2.34. The van der Waals surface area contributed by atoms with Gasteiger partial charge in [-0.15, -0.1) is 11.3 Å². The summed E-state index contributed by atoms with van der Waals surface area (Å²) in [5.74, 6) is -0.262. The van der Waals surface area contributed by atoms with Crippen LogP contribution in [0, 0.1) is 6.92 Å². The summed E-state index contributed by atoms with van der Waals surface area (Å²) in [4.78, 5) is 29.0. The summed E-state index contributed by atoms with van der Waals surface area (Å²) < 4.78 is 2.36. The van der Waals surface area contributed by atoms with Gasteiger partial charge in [0, 0.05) is 18.8 Å². The highest BCUT2D eigenvalue weighted by Crippen LogP contribution is 2.28. The molecular formula is C15H15N3O2S. The maximum absolute atomic E-state index is 12.6. The molecule has 0 bridgehead atoms. The third-order valence-corrected chi connectivity index (χ3v) is 4.75. The summed E-state index contributed by atoms with van der Waals surface area (Å²) in [6, 6.07) is 3.69. The van der Waals surface area contributed by atoms with E-state index in [-0.39, 0.29) is 16.9 Å². The van der Waals surface area contributed by atoms with E-state index in [1.165, 1.54) is 10.9 Å². The van der Waals surface area contributed by atoms with Crippen LogP contribution in [-0.4, -0.2) is 20.5 Å². The molecule has 2 heterocycles. The van der Waals surface area contributed by atoms with Gasteiger partial charge < -0.3 is 5.10 Å². The Bertz CT molecular complexity index is 901. The fraction of sp³-hybridized carbons (Fsp3) is 0.267. The maximum Gasteiger partial charge on any atom is 0.277 e. The number of aromatic amines is 1. The van der Waals surface area contributed by atoms with Crippen LogP contribution in [0.25, 0.3) is 10.2 Å². The monoisotopic (exact) mass is 301 g/mol. The standard InChI is InChI=1S/C15H15N3O2S/c1-4-12-17-13-8(2)9(5-6-11(13)21-12)14(19)10-7-16-18(3)15(10)20/h5-7,16H,4H2,1-3H3. The van der Waals surface area contributed by atoms with Crippen molar-refractivity contribution in [1.82, 2.24) is 14.8 Å². The lowest BCUT2D eigenvalue weighted by Gasteiger charge is -2.03. The number of nitrogens with zero attached hydrogens (tertiary/aromatic N) is 2. The SMILES string of the molecule is CCc1nc2c(C)c(C(=O)c3c[nH]n(C)c3=O)ccc2s1. The van der Waals surface area contributed by atoms with Crippen molar-refractivity contribution in [2.24, 2.45) is 7.05 Å². The number of nitrogens with one attached hydrogen (secondary N) is 1. The number of rotatable bonds is 3. The van der Waals surface area contributed by atoms with Crippen LogP contribution < -0.4 is 5.56 Å². The molecule has 0 aliphatic carbocycles. The molecule has 0 unspecified atom stereocenters. The van der Waals surface area contributed by atoms with Crippen molar-refractivity contribution >= 4 is 27.3 Å². The van der Waals surface area contributed by atoms with E-state index < -0.39 is 0 Å². The van der Waals surface area contributed by atoms with Crippen molar-refractivity contribution in [3.63, 3.8) is 0 Å². The van der Waals surface area contributed by atoms with E-state index in [1.54, 1.807) is 24.5 Å². The molecule has 108 valence electrons. The molecule has 0 atom stereocenters. The van der Waals surface area contributed by atoms with Gasteiger partial charge in [-0.1, -0.05) is 6.92 Å². The molecule has 1 N–H and O–H groups in total. The minimum Gasteiger partial charge on any atom is -0.302 e. The van der Waals surface area contributed by atoms with Crippen LogP contribution in [-0.2, 0) is 13.5 Å². The van der Waals surface area contributed by atoms with Crippen molar-refractivity contribution in [2.45, 2.75) is 20.3 Å². The van der Waals surface area contributed by atoms with E-state index in [2.05, 4.69) is 17.0 Å². The molecule has 0 aliphatic rings. The number of hydrogen-bond donors (Lipinski definition) is 1. The summed E-state index contributed by atoms with van der Waals surface area (Å²) in [6.45, 7) is 3.94. The lowest BCUT2D eigenvalue weighted by molar-refractivity contribution is 0.103. The molecule has 0 radical (unpaired) electrons. The molecule has 5 nitrogen and oxygen atoms in total. The molecule has 0 aliphatic heterocycles. The van der Waals surface area contributed by atoms with E-state index in [0.717, 1.165) is 27.2 Å². The van der Waals surface area contributed by atoms with Gasteiger partial charge in [0.2, 0.25) is 5.78 Å². The zero-order valence-electron chi connectivity index (χ0n) is 12.1. The topological polar surface area (TPSA) is 67.8 Å². The zero-order chi connectivity index (χ0) is 15.1. The second-order valence-corrected chi connectivity index (χ2v) is 6.04. The first-order valence-electron chi connectivity index (χ1n) is 6.71. The minimum atomic E-state index is -0.313. The Balaban J connectivity index is 2.16. The predicted octanol–water partition coefficient (Wildman–Crippen LogP) is 2.42. The first-order chi connectivity index (χ1) is 10.0. The van der Waals surface area contributed by atoms with E-state index in [0.29, 0.717) is 5.56 Å². The second-order valence-electron chi connectivity index (χ2n) is 4.93. The van der Waals surface area contributed by atoms with E-state index in [1.807, 2.05) is 13.0 Å². The van der Waals surface area contributed by atoms with Gasteiger partial charge in [-0.3, -0.25) is 14.3 Å². The largest absolute Gasteiger partial charge is 0.302 e. The van der Waals surface area contributed by atoms with Gasteiger partial charge in [-0.05, 0) is 31.0 Å². The highest BCUT2D eigenvalue weighted by molar-refractivity contribution is 7.18. The number of carbonyl (C=O) groups excluding carboxylic acids is 1. The van der Waals surface area contributed by atoms with Crippen LogP contribution >= 0.6 is 11.3 Å². The first kappa shape index (κ1) is 13.8. The quantitative estimate of drug-likeness (QED) is 0.755. The Morgan fingerprint density at radius 3 is 2.76 bits per heavy atom. The van der Waals surface area contributed by atoms with Gasteiger partial charge in [0.1, 0.15) is 5.56 Å². The van der Waals surface area contributed by atoms with Crippen molar-refractivity contribution in [3.8, 4) is 0 Å². The van der Waals surface area contributed by atoms with Crippen molar-refractivity contribution in [3.05, 3.63) is 50.4 Å². The van der Waals surface area contributed by atoms with Crippen molar-refractivity contribution < 1.29 is 4.79 Å². The van der Waals surface area contributed by atoms with Gasteiger partial charge >= 0.3 is 0 Å². The molecule has 6 heteroatoms. The van der Waals surface area contributed by atoms with Crippen LogP contribution in [0.5, 0.6) is 0 Å². The smallest absolute Gasteiger partial charge is 0.277 e. The summed E-state index contributed by atoms with van der Waals surface area (Å²) in [5, 5.41) is 3.78. The average Bonchev–Trinajstić information content (AvgIpc) is 3.04. The summed E-state index contributed by atoms with van der Waals surface area (Å²) in [6.07, 6.45) is 2.33. The Kier molecular flexibility index (Phi) is 3.25. The third kappa shape index (κ3) is 2.12. The molecule has 0 saturated carbocycles. The summed E-state index contributed by atoms with van der Waals surface area (Å²) in [5.41, 5.74) is 2.07. The highest BCUT2D eigenvalue weighted by Gasteiger charge is 2.19. The third-order valence-electron chi connectivity index (χ3n) is 3.59. The molecule has 3 rings (SSSR count). The zero-order valence-corrected chi connectivity index (χ0v) is 12.9. The molecule has 0 fully saturated rings. The Morgan fingerprint density at radius 2 is 2.14 bits per heavy atom. The predicted molar refractivity (Wildman–Crippen MR) is 83.2 cm³/mol. The fourth-order valence-corrected chi connectivity index (χ4v) is 3.31. The Hall–Kier alpha value is -2.21. The Labute approximate surface area is 125 Å². The molecule has 21 heavy (non-hydrogen) atoms. The summed E-state index contributed by atoms with van der Waals surface area (Å²) >= 11 is 1.64. The molecule has 3 aromatic rings. The Morgan fingerprint density at radius 1 is 1.38 bits per heavy atom. The average molecular weight is 301 g/mol. The molecule has 2 aromatic heterocycles. The normalized spacial score (nSPS) is 11.2. The number of thiazole rings is 1. The van der Waals surface area contributed by atoms with E-state index in [9.17, 15) is 9.59 Å². The molecule has 1 aromatic carbocycles. The van der Waals surface area contributed by atoms with Crippen LogP contribution in [0.2, 0.25) is 0 Å².